The van der Waals surface area contributed by atoms with Crippen molar-refractivity contribution in [2.75, 3.05) is 0 Å². The van der Waals surface area contributed by atoms with E-state index in [9.17, 15) is 0 Å². The summed E-state index contributed by atoms with van der Waals surface area (Å²) in [6.07, 6.45) is 9.43. The number of para-hydroxylation sites is 1. The molecule has 226 valence electrons. The van der Waals surface area contributed by atoms with Crippen molar-refractivity contribution in [2.24, 2.45) is 4.99 Å². The van der Waals surface area contributed by atoms with Crippen molar-refractivity contribution in [2.45, 2.75) is 0 Å². The van der Waals surface area contributed by atoms with E-state index in [0.29, 0.717) is 0 Å². The van der Waals surface area contributed by atoms with Crippen LogP contribution in [0.15, 0.2) is 162 Å². The molecule has 0 aliphatic heterocycles. The first kappa shape index (κ1) is 27.7. The van der Waals surface area contributed by atoms with E-state index in [1.54, 1.807) is 12.4 Å². The molecule has 0 fully saturated rings. The number of hydrogen-bond donors (Lipinski definition) is 0. The Balaban J connectivity index is 1.35. The van der Waals surface area contributed by atoms with Gasteiger partial charge in [-0.15, -0.1) is 0 Å². The second-order valence-electron chi connectivity index (χ2n) is 11.9. The van der Waals surface area contributed by atoms with Crippen LogP contribution in [0.5, 0.6) is 0 Å². The summed E-state index contributed by atoms with van der Waals surface area (Å²) in [6, 6.07) is 40.3. The van der Waals surface area contributed by atoms with Gasteiger partial charge in [-0.3, -0.25) is 14.4 Å². The summed E-state index contributed by atoms with van der Waals surface area (Å²) in [4.78, 5) is 13.4. The summed E-state index contributed by atoms with van der Waals surface area (Å²) >= 11 is 0. The van der Waals surface area contributed by atoms with Gasteiger partial charge < -0.3 is 4.42 Å². The van der Waals surface area contributed by atoms with Gasteiger partial charge in [0.1, 0.15) is 16.7 Å². The summed E-state index contributed by atoms with van der Waals surface area (Å²) in [5, 5.41) is 5.65. The van der Waals surface area contributed by atoms with Gasteiger partial charge in [0, 0.05) is 35.7 Å². The zero-order valence-electron chi connectivity index (χ0n) is 26.0. The minimum Gasteiger partial charge on any atom is -0.437 e. The van der Waals surface area contributed by atoms with E-state index < -0.39 is 0 Å². The Morgan fingerprint density at radius 3 is 2.02 bits per heavy atom. The van der Waals surface area contributed by atoms with Gasteiger partial charge >= 0.3 is 0 Å². The van der Waals surface area contributed by atoms with Crippen LogP contribution in [0.3, 0.4) is 0 Å². The van der Waals surface area contributed by atoms with Crippen molar-refractivity contribution >= 4 is 61.7 Å². The number of aliphatic imine (C=N–C) groups is 1. The SMILES string of the molecule is C=C/C(=C\N=C)c1cc(-c2cccnc2)cc(-c2c3ccccc3c(-c3ccc4nc5c6ccccc6oc5n4c3)c3ccccc23)c1. The number of benzene rings is 5. The predicted octanol–water partition coefficient (Wildman–Crippen LogP) is 11.2. The van der Waals surface area contributed by atoms with Crippen molar-refractivity contribution in [3.8, 4) is 33.4 Å². The molecular weight excluding hydrogens is 589 g/mol. The van der Waals surface area contributed by atoms with Crippen LogP contribution in [-0.4, -0.2) is 21.1 Å². The van der Waals surface area contributed by atoms with E-state index in [2.05, 4.69) is 125 Å². The zero-order valence-corrected chi connectivity index (χ0v) is 26.0. The standard InChI is InChI=1S/C43H28N4O/c1-3-27(24-44-2)30-21-31(28-11-10-20-45-25-28)23-32(22-30)41-35-14-6-4-12-33(35)40(34-13-5-7-15-36(34)41)29-18-19-39-46-42-37-16-8-9-17-38(37)48-43(42)47(39)26-29/h3-26H,1-2H2/b27-24+. The Kier molecular flexibility index (Phi) is 6.37. The van der Waals surface area contributed by atoms with Crippen molar-refractivity contribution in [1.29, 1.82) is 0 Å². The molecule has 48 heavy (non-hydrogen) atoms. The number of fused-ring (bicyclic) bond motifs is 7. The number of pyridine rings is 2. The van der Waals surface area contributed by atoms with E-state index in [-0.39, 0.29) is 0 Å². The van der Waals surface area contributed by atoms with Crippen LogP contribution in [0.2, 0.25) is 0 Å². The fourth-order valence-electron chi connectivity index (χ4n) is 7.03. The van der Waals surface area contributed by atoms with Crippen LogP contribution in [0.25, 0.3) is 88.3 Å². The molecule has 0 aliphatic rings. The van der Waals surface area contributed by atoms with Crippen LogP contribution in [0.1, 0.15) is 5.56 Å². The Hall–Kier alpha value is -6.59. The summed E-state index contributed by atoms with van der Waals surface area (Å²) in [7, 11) is 0. The second kappa shape index (κ2) is 11.0. The molecule has 0 saturated heterocycles. The molecule has 0 unspecified atom stereocenters. The van der Waals surface area contributed by atoms with E-state index in [1.165, 1.54) is 0 Å². The van der Waals surface area contributed by atoms with Gasteiger partial charge in [-0.25, -0.2) is 4.98 Å². The smallest absolute Gasteiger partial charge is 0.232 e. The maximum absolute atomic E-state index is 6.33. The molecule has 5 heteroatoms. The third-order valence-corrected chi connectivity index (χ3v) is 9.14. The average Bonchev–Trinajstić information content (AvgIpc) is 3.69. The van der Waals surface area contributed by atoms with E-state index in [4.69, 9.17) is 9.40 Å². The van der Waals surface area contributed by atoms with Gasteiger partial charge in [-0.1, -0.05) is 79.4 Å². The zero-order chi connectivity index (χ0) is 32.2. The molecule has 0 saturated carbocycles. The largest absolute Gasteiger partial charge is 0.437 e. The minimum atomic E-state index is 0.748. The van der Waals surface area contributed by atoms with Crippen molar-refractivity contribution < 1.29 is 4.42 Å². The number of nitrogens with zero attached hydrogens (tertiary/aromatic N) is 4. The lowest BCUT2D eigenvalue weighted by Crippen LogP contribution is -1.94. The van der Waals surface area contributed by atoms with Crippen LogP contribution < -0.4 is 0 Å². The Morgan fingerprint density at radius 1 is 0.688 bits per heavy atom. The highest BCUT2D eigenvalue weighted by Crippen LogP contribution is 2.45. The molecule has 0 bridgehead atoms. The summed E-state index contributed by atoms with van der Waals surface area (Å²) in [6.45, 7) is 7.78. The lowest BCUT2D eigenvalue weighted by molar-refractivity contribution is 0.649. The monoisotopic (exact) mass is 616 g/mol. The highest BCUT2D eigenvalue weighted by atomic mass is 16.3. The fourth-order valence-corrected chi connectivity index (χ4v) is 7.03. The minimum absolute atomic E-state index is 0.748. The molecule has 5 aromatic carbocycles. The van der Waals surface area contributed by atoms with Gasteiger partial charge in [-0.05, 0) is 116 Å². The highest BCUT2D eigenvalue weighted by molar-refractivity contribution is 6.21. The Labute approximate surface area is 276 Å². The molecule has 0 radical (unpaired) electrons. The molecule has 4 heterocycles. The number of aromatic nitrogens is 3. The quantitative estimate of drug-likeness (QED) is 0.106. The van der Waals surface area contributed by atoms with E-state index in [0.717, 1.165) is 93.9 Å². The number of hydrogen-bond acceptors (Lipinski definition) is 4. The Morgan fingerprint density at radius 2 is 1.35 bits per heavy atom. The van der Waals surface area contributed by atoms with E-state index >= 15 is 0 Å². The lowest BCUT2D eigenvalue weighted by atomic mass is 9.85. The average molecular weight is 617 g/mol. The summed E-state index contributed by atoms with van der Waals surface area (Å²) < 4.78 is 8.40. The summed E-state index contributed by atoms with van der Waals surface area (Å²) in [5.74, 6) is 0. The molecule has 9 rings (SSSR count). The first-order valence-electron chi connectivity index (χ1n) is 15.8. The molecule has 0 aliphatic carbocycles. The third kappa shape index (κ3) is 4.29. The van der Waals surface area contributed by atoms with Crippen molar-refractivity contribution in [1.82, 2.24) is 14.4 Å². The van der Waals surface area contributed by atoms with Crippen LogP contribution in [-0.2, 0) is 0 Å². The number of furan rings is 1. The van der Waals surface area contributed by atoms with Crippen molar-refractivity contribution in [3.05, 3.63) is 158 Å². The lowest BCUT2D eigenvalue weighted by Gasteiger charge is -2.19. The molecule has 5 nitrogen and oxygen atoms in total. The van der Waals surface area contributed by atoms with Gasteiger partial charge in [0.2, 0.25) is 5.71 Å². The molecule has 4 aromatic heterocycles. The number of allylic oxidation sites excluding steroid dienone is 2. The van der Waals surface area contributed by atoms with E-state index in [1.807, 2.05) is 36.5 Å². The van der Waals surface area contributed by atoms with Crippen LogP contribution in [0.4, 0.5) is 0 Å². The molecule has 0 atom stereocenters. The highest BCUT2D eigenvalue weighted by Gasteiger charge is 2.20. The maximum atomic E-state index is 6.33. The van der Waals surface area contributed by atoms with Gasteiger partial charge in [0.05, 0.1) is 0 Å². The second-order valence-corrected chi connectivity index (χ2v) is 11.9. The van der Waals surface area contributed by atoms with Gasteiger partial charge in [0.15, 0.2) is 0 Å². The number of imidazole rings is 1. The molecule has 0 spiro atoms. The number of rotatable bonds is 6. The first-order valence-corrected chi connectivity index (χ1v) is 15.8. The van der Waals surface area contributed by atoms with Crippen molar-refractivity contribution in [3.63, 3.8) is 0 Å². The predicted molar refractivity (Wildman–Crippen MR) is 199 cm³/mol. The third-order valence-electron chi connectivity index (χ3n) is 9.14. The maximum Gasteiger partial charge on any atom is 0.232 e. The first-order chi connectivity index (χ1) is 23.7. The molecule has 0 N–H and O–H groups in total. The molecular formula is C43H28N4O. The topological polar surface area (TPSA) is 55.7 Å². The van der Waals surface area contributed by atoms with Gasteiger partial charge in [-0.2, -0.15) is 0 Å². The summed E-state index contributed by atoms with van der Waals surface area (Å²) in [5.41, 5.74) is 11.8. The molecule has 0 amide bonds. The van der Waals surface area contributed by atoms with Crippen LogP contribution >= 0.6 is 0 Å². The normalized spacial score (nSPS) is 12.0. The van der Waals surface area contributed by atoms with Gasteiger partial charge in [0.25, 0.3) is 0 Å². The molecule has 9 aromatic rings. The van der Waals surface area contributed by atoms with Crippen LogP contribution in [0, 0.1) is 0 Å². The Bertz CT molecular complexity index is 2710. The fraction of sp³-hybridized carbons (Fsp3) is 0.